The number of H-pyrrole nitrogens is 1. The van der Waals surface area contributed by atoms with E-state index in [1.165, 1.54) is 4.90 Å². The minimum absolute atomic E-state index is 0.0620. The number of hydrogen-bond acceptors (Lipinski definition) is 3. The first-order valence-corrected chi connectivity index (χ1v) is 10.1. The van der Waals surface area contributed by atoms with Gasteiger partial charge in [0.2, 0.25) is 0 Å². The lowest BCUT2D eigenvalue weighted by Crippen LogP contribution is -2.42. The van der Waals surface area contributed by atoms with E-state index in [9.17, 15) is 18.4 Å². The Morgan fingerprint density at radius 1 is 1.10 bits per heavy atom. The van der Waals surface area contributed by atoms with Gasteiger partial charge in [0.15, 0.2) is 0 Å². The van der Waals surface area contributed by atoms with Crippen LogP contribution in [0.4, 0.5) is 8.78 Å². The summed E-state index contributed by atoms with van der Waals surface area (Å²) in [7, 11) is 1.90. The van der Waals surface area contributed by atoms with Crippen molar-refractivity contribution in [3.8, 4) is 11.1 Å². The predicted octanol–water partition coefficient (Wildman–Crippen LogP) is 3.95. The van der Waals surface area contributed by atoms with Crippen LogP contribution < -0.4 is 5.56 Å². The van der Waals surface area contributed by atoms with E-state index in [2.05, 4.69) is 10.2 Å². The number of halogens is 2. The van der Waals surface area contributed by atoms with E-state index < -0.39 is 5.92 Å². The van der Waals surface area contributed by atoms with Gasteiger partial charge < -0.3 is 9.47 Å². The number of alkyl halides is 2. The Bertz CT molecular complexity index is 1380. The van der Waals surface area contributed by atoms with Gasteiger partial charge in [0, 0.05) is 66.6 Å². The Balaban J connectivity index is 1.51. The molecule has 158 valence electrons. The Labute approximate surface area is 176 Å². The number of benzene rings is 2. The maximum absolute atomic E-state index is 13.4. The standard InChI is InChI=1S/C23H20F2N4O2/c1-28-13-19(14-2-4-17-16(10-14)12-26-27-21(17)30)18-5-3-15(11-20(18)28)22(31)29-8-6-23(24,25)7-9-29/h2-5,10-13H,6-9H2,1H3,(H,27,30). The Morgan fingerprint density at radius 2 is 1.84 bits per heavy atom. The zero-order valence-electron chi connectivity index (χ0n) is 16.9. The molecule has 1 amide bonds. The molecule has 0 spiro atoms. The van der Waals surface area contributed by atoms with E-state index in [0.29, 0.717) is 10.9 Å². The molecule has 0 bridgehead atoms. The molecule has 1 aliphatic heterocycles. The lowest BCUT2D eigenvalue weighted by atomic mass is 10.0. The molecule has 0 saturated carbocycles. The number of piperidine rings is 1. The highest BCUT2D eigenvalue weighted by Crippen LogP contribution is 2.33. The smallest absolute Gasteiger partial charge is 0.272 e. The fourth-order valence-electron chi connectivity index (χ4n) is 4.23. The number of nitrogens with one attached hydrogen (secondary N) is 1. The Morgan fingerprint density at radius 3 is 2.61 bits per heavy atom. The molecule has 3 heterocycles. The molecular formula is C23H20F2N4O2. The van der Waals surface area contributed by atoms with Crippen LogP contribution in [0.15, 0.2) is 53.6 Å². The zero-order valence-corrected chi connectivity index (χ0v) is 16.9. The van der Waals surface area contributed by atoms with Crippen molar-refractivity contribution in [2.75, 3.05) is 13.1 Å². The van der Waals surface area contributed by atoms with Crippen LogP contribution in [0.5, 0.6) is 0 Å². The summed E-state index contributed by atoms with van der Waals surface area (Å²) in [4.78, 5) is 26.3. The SMILES string of the molecule is Cn1cc(-c2ccc3c(=O)[nH]ncc3c2)c2ccc(C(=O)N3CCC(F)(F)CC3)cc21. The summed E-state index contributed by atoms with van der Waals surface area (Å²) in [6.07, 6.45) is 3.00. The number of fused-ring (bicyclic) bond motifs is 2. The van der Waals surface area contributed by atoms with Gasteiger partial charge in [0.05, 0.1) is 11.6 Å². The van der Waals surface area contributed by atoms with E-state index in [-0.39, 0.29) is 37.4 Å². The van der Waals surface area contributed by atoms with Crippen molar-refractivity contribution in [3.05, 3.63) is 64.7 Å². The van der Waals surface area contributed by atoms with Crippen molar-refractivity contribution in [3.63, 3.8) is 0 Å². The third-order valence-electron chi connectivity index (χ3n) is 6.00. The second kappa shape index (κ2) is 7.01. The molecule has 1 aliphatic rings. The number of carbonyl (C=O) groups is 1. The third kappa shape index (κ3) is 3.37. The highest BCUT2D eigenvalue weighted by Gasteiger charge is 2.35. The largest absolute Gasteiger partial charge is 0.350 e. The number of rotatable bonds is 2. The van der Waals surface area contributed by atoms with E-state index in [1.54, 1.807) is 24.4 Å². The minimum Gasteiger partial charge on any atom is -0.350 e. The molecule has 6 nitrogen and oxygen atoms in total. The van der Waals surface area contributed by atoms with Gasteiger partial charge in [0.1, 0.15) is 0 Å². The van der Waals surface area contributed by atoms with Crippen LogP contribution in [0.1, 0.15) is 23.2 Å². The number of aromatic amines is 1. The summed E-state index contributed by atoms with van der Waals surface area (Å²) in [6.45, 7) is 0.124. The van der Waals surface area contributed by atoms with Crippen LogP contribution in [0.2, 0.25) is 0 Å². The molecule has 0 aliphatic carbocycles. The summed E-state index contributed by atoms with van der Waals surface area (Å²) in [5.74, 6) is -2.91. The van der Waals surface area contributed by atoms with Gasteiger partial charge in [-0.3, -0.25) is 9.59 Å². The number of hydrogen-bond donors (Lipinski definition) is 1. The first-order valence-electron chi connectivity index (χ1n) is 10.1. The number of nitrogens with zero attached hydrogens (tertiary/aromatic N) is 3. The maximum Gasteiger partial charge on any atom is 0.272 e. The van der Waals surface area contributed by atoms with Crippen molar-refractivity contribution < 1.29 is 13.6 Å². The van der Waals surface area contributed by atoms with Gasteiger partial charge >= 0.3 is 0 Å². The predicted molar refractivity (Wildman–Crippen MR) is 114 cm³/mol. The lowest BCUT2D eigenvalue weighted by molar-refractivity contribution is -0.0494. The van der Waals surface area contributed by atoms with Crippen molar-refractivity contribution >= 4 is 27.6 Å². The molecule has 2 aromatic carbocycles. The monoisotopic (exact) mass is 422 g/mol. The number of aryl methyl sites for hydroxylation is 1. The van der Waals surface area contributed by atoms with Crippen LogP contribution in [0, 0.1) is 0 Å². The summed E-state index contributed by atoms with van der Waals surface area (Å²) < 4.78 is 28.8. The topological polar surface area (TPSA) is 71.0 Å². The fraction of sp³-hybridized carbons (Fsp3) is 0.261. The van der Waals surface area contributed by atoms with Gasteiger partial charge in [-0.25, -0.2) is 13.9 Å². The van der Waals surface area contributed by atoms with E-state index >= 15 is 0 Å². The lowest BCUT2D eigenvalue weighted by Gasteiger charge is -2.31. The van der Waals surface area contributed by atoms with Crippen molar-refractivity contribution in [2.24, 2.45) is 7.05 Å². The summed E-state index contributed by atoms with van der Waals surface area (Å²) >= 11 is 0. The van der Waals surface area contributed by atoms with Gasteiger partial charge in [-0.2, -0.15) is 5.10 Å². The number of amides is 1. The fourth-order valence-corrected chi connectivity index (χ4v) is 4.23. The molecule has 8 heteroatoms. The van der Waals surface area contributed by atoms with E-state index in [1.807, 2.05) is 36.0 Å². The van der Waals surface area contributed by atoms with Crippen LogP contribution in [0.25, 0.3) is 32.8 Å². The molecule has 31 heavy (non-hydrogen) atoms. The van der Waals surface area contributed by atoms with Gasteiger partial charge in [-0.05, 0) is 29.8 Å². The second-order valence-corrected chi connectivity index (χ2v) is 8.03. The third-order valence-corrected chi connectivity index (χ3v) is 6.00. The Kier molecular flexibility index (Phi) is 4.39. The van der Waals surface area contributed by atoms with Crippen molar-refractivity contribution in [2.45, 2.75) is 18.8 Å². The highest BCUT2D eigenvalue weighted by molar-refractivity contribution is 6.03. The molecule has 1 fully saturated rings. The highest BCUT2D eigenvalue weighted by atomic mass is 19.3. The first kappa shape index (κ1) is 19.4. The average Bonchev–Trinajstić information content (AvgIpc) is 3.09. The maximum atomic E-state index is 13.4. The average molecular weight is 422 g/mol. The molecule has 4 aromatic rings. The van der Waals surface area contributed by atoms with Crippen LogP contribution in [0.3, 0.4) is 0 Å². The molecule has 2 aromatic heterocycles. The number of likely N-dealkylation sites (tertiary alicyclic amines) is 1. The quantitative estimate of drug-likeness (QED) is 0.532. The number of aromatic nitrogens is 3. The van der Waals surface area contributed by atoms with Crippen molar-refractivity contribution in [1.82, 2.24) is 19.7 Å². The molecular weight excluding hydrogens is 402 g/mol. The van der Waals surface area contributed by atoms with Crippen LogP contribution >= 0.6 is 0 Å². The van der Waals surface area contributed by atoms with Crippen LogP contribution in [-0.4, -0.2) is 44.6 Å². The molecule has 0 radical (unpaired) electrons. The summed E-state index contributed by atoms with van der Waals surface area (Å²) in [5.41, 5.74) is 3.02. The number of carbonyl (C=O) groups excluding carboxylic acids is 1. The van der Waals surface area contributed by atoms with Crippen LogP contribution in [-0.2, 0) is 7.05 Å². The first-order chi connectivity index (χ1) is 14.8. The summed E-state index contributed by atoms with van der Waals surface area (Å²) in [6, 6.07) is 11.0. The molecule has 1 N–H and O–H groups in total. The van der Waals surface area contributed by atoms with E-state index in [4.69, 9.17) is 0 Å². The molecule has 0 unspecified atom stereocenters. The minimum atomic E-state index is -2.69. The normalized spacial score (nSPS) is 16.2. The zero-order chi connectivity index (χ0) is 21.8. The van der Waals surface area contributed by atoms with Gasteiger partial charge in [-0.1, -0.05) is 12.1 Å². The molecule has 0 atom stereocenters. The molecule has 5 rings (SSSR count). The summed E-state index contributed by atoms with van der Waals surface area (Å²) in [5, 5.41) is 8.57. The second-order valence-electron chi connectivity index (χ2n) is 8.03. The molecule has 1 saturated heterocycles. The van der Waals surface area contributed by atoms with Gasteiger partial charge in [-0.15, -0.1) is 0 Å². The van der Waals surface area contributed by atoms with E-state index in [0.717, 1.165) is 27.4 Å². The van der Waals surface area contributed by atoms with Crippen molar-refractivity contribution in [1.29, 1.82) is 0 Å². The Hall–Kier alpha value is -3.55. The van der Waals surface area contributed by atoms with Gasteiger partial charge in [0.25, 0.3) is 17.4 Å².